The van der Waals surface area contributed by atoms with E-state index >= 15 is 0 Å². The Kier molecular flexibility index (Phi) is 2.76. The summed E-state index contributed by atoms with van der Waals surface area (Å²) in [5.74, 6) is -0.736. The van der Waals surface area contributed by atoms with Crippen LogP contribution in [-0.4, -0.2) is 15.6 Å². The van der Waals surface area contributed by atoms with E-state index in [9.17, 15) is 4.79 Å². The fourth-order valence-electron chi connectivity index (χ4n) is 1.28. The number of nitrogens with zero attached hydrogens (tertiary/aromatic N) is 1. The molecule has 0 saturated carbocycles. The minimum atomic E-state index is -0.736. The Bertz CT molecular complexity index is 275. The van der Waals surface area contributed by atoms with Crippen LogP contribution in [0.2, 0.25) is 0 Å². The van der Waals surface area contributed by atoms with Gasteiger partial charge in [-0.15, -0.1) is 0 Å². The largest absolute Gasteiger partial charge is 0.481 e. The van der Waals surface area contributed by atoms with Crippen molar-refractivity contribution in [2.24, 2.45) is 0 Å². The number of aliphatic carboxylic acids is 1. The molecule has 1 heterocycles. The molecule has 0 radical (unpaired) electrons. The number of aromatic nitrogens is 1. The standard InChI is InChI=1S/C10H15NO2/c1-10(2,6-5-9(12)13)11-7-3-4-8-11/h3-4,7-8H,5-6H2,1-2H3,(H,12,13). The summed E-state index contributed by atoms with van der Waals surface area (Å²) in [6.45, 7) is 4.08. The van der Waals surface area contributed by atoms with E-state index in [1.165, 1.54) is 0 Å². The Morgan fingerprint density at radius 2 is 1.92 bits per heavy atom. The van der Waals surface area contributed by atoms with Gasteiger partial charge in [-0.2, -0.15) is 0 Å². The predicted molar refractivity (Wildman–Crippen MR) is 50.6 cm³/mol. The lowest BCUT2D eigenvalue weighted by Crippen LogP contribution is -2.25. The van der Waals surface area contributed by atoms with E-state index in [1.807, 2.05) is 42.9 Å². The van der Waals surface area contributed by atoms with E-state index in [4.69, 9.17) is 5.11 Å². The molecule has 0 aliphatic carbocycles. The van der Waals surface area contributed by atoms with Crippen LogP contribution in [0.25, 0.3) is 0 Å². The second-order valence-corrected chi connectivity index (χ2v) is 3.80. The highest BCUT2D eigenvalue weighted by Gasteiger charge is 2.19. The van der Waals surface area contributed by atoms with E-state index in [0.717, 1.165) is 0 Å². The fourth-order valence-corrected chi connectivity index (χ4v) is 1.28. The summed E-state index contributed by atoms with van der Waals surface area (Å²) in [6.07, 6.45) is 4.78. The van der Waals surface area contributed by atoms with Crippen LogP contribution in [0.4, 0.5) is 0 Å². The third kappa shape index (κ3) is 2.61. The van der Waals surface area contributed by atoms with E-state index in [2.05, 4.69) is 0 Å². The van der Waals surface area contributed by atoms with Crippen molar-refractivity contribution in [2.45, 2.75) is 32.2 Å². The van der Waals surface area contributed by atoms with Crippen LogP contribution in [0.5, 0.6) is 0 Å². The Hall–Kier alpha value is -1.25. The third-order valence-electron chi connectivity index (χ3n) is 2.25. The van der Waals surface area contributed by atoms with Gasteiger partial charge in [0.05, 0.1) is 0 Å². The van der Waals surface area contributed by atoms with Crippen LogP contribution in [-0.2, 0) is 10.3 Å². The number of carbonyl (C=O) groups is 1. The number of carboxylic acid groups (broad SMARTS) is 1. The lowest BCUT2D eigenvalue weighted by molar-refractivity contribution is -0.137. The van der Waals surface area contributed by atoms with Crippen molar-refractivity contribution in [3.05, 3.63) is 24.5 Å². The molecular weight excluding hydrogens is 166 g/mol. The monoisotopic (exact) mass is 181 g/mol. The highest BCUT2D eigenvalue weighted by molar-refractivity contribution is 5.66. The number of carboxylic acids is 1. The zero-order valence-electron chi connectivity index (χ0n) is 8.03. The van der Waals surface area contributed by atoms with Gasteiger partial charge in [0.2, 0.25) is 0 Å². The topological polar surface area (TPSA) is 42.2 Å². The summed E-state index contributed by atoms with van der Waals surface area (Å²) in [6, 6.07) is 3.89. The van der Waals surface area contributed by atoms with E-state index in [-0.39, 0.29) is 12.0 Å². The molecule has 1 aromatic heterocycles. The Morgan fingerprint density at radius 1 is 1.38 bits per heavy atom. The van der Waals surface area contributed by atoms with Crippen molar-refractivity contribution < 1.29 is 9.90 Å². The first-order valence-corrected chi connectivity index (χ1v) is 4.37. The van der Waals surface area contributed by atoms with Gasteiger partial charge in [0, 0.05) is 24.4 Å². The van der Waals surface area contributed by atoms with Crippen molar-refractivity contribution in [1.29, 1.82) is 0 Å². The van der Waals surface area contributed by atoms with E-state index in [0.29, 0.717) is 6.42 Å². The Labute approximate surface area is 78.0 Å². The Balaban J connectivity index is 2.61. The lowest BCUT2D eigenvalue weighted by atomic mass is 9.98. The van der Waals surface area contributed by atoms with Crippen LogP contribution < -0.4 is 0 Å². The maximum Gasteiger partial charge on any atom is 0.303 e. The van der Waals surface area contributed by atoms with Crippen molar-refractivity contribution in [2.75, 3.05) is 0 Å². The van der Waals surface area contributed by atoms with Gasteiger partial charge in [-0.05, 0) is 32.4 Å². The molecule has 0 unspecified atom stereocenters. The summed E-state index contributed by atoms with van der Waals surface area (Å²) in [5, 5.41) is 8.57. The first kappa shape index (κ1) is 9.84. The molecule has 0 spiro atoms. The van der Waals surface area contributed by atoms with Crippen molar-refractivity contribution in [1.82, 2.24) is 4.57 Å². The van der Waals surface area contributed by atoms with Gasteiger partial charge in [-0.1, -0.05) is 0 Å². The number of hydrogen-bond acceptors (Lipinski definition) is 1. The molecule has 13 heavy (non-hydrogen) atoms. The molecule has 0 aliphatic heterocycles. The average molecular weight is 181 g/mol. The molecular formula is C10H15NO2. The molecule has 0 saturated heterocycles. The summed E-state index contributed by atoms with van der Waals surface area (Å²) < 4.78 is 2.04. The predicted octanol–water partition coefficient (Wildman–Crippen LogP) is 2.09. The van der Waals surface area contributed by atoms with Crippen LogP contribution in [0.3, 0.4) is 0 Å². The van der Waals surface area contributed by atoms with E-state index in [1.54, 1.807) is 0 Å². The second kappa shape index (κ2) is 3.64. The minimum Gasteiger partial charge on any atom is -0.481 e. The van der Waals surface area contributed by atoms with Gasteiger partial charge in [0.1, 0.15) is 0 Å². The van der Waals surface area contributed by atoms with Crippen LogP contribution in [0.15, 0.2) is 24.5 Å². The third-order valence-corrected chi connectivity index (χ3v) is 2.25. The lowest BCUT2D eigenvalue weighted by Gasteiger charge is -2.26. The molecule has 0 bridgehead atoms. The SMILES string of the molecule is CC(C)(CCC(=O)O)n1cccc1. The minimum absolute atomic E-state index is 0.109. The molecule has 0 aliphatic rings. The molecule has 0 amide bonds. The summed E-state index contributed by atoms with van der Waals surface area (Å²) >= 11 is 0. The molecule has 3 nitrogen and oxygen atoms in total. The maximum atomic E-state index is 10.4. The molecule has 0 aromatic carbocycles. The second-order valence-electron chi connectivity index (χ2n) is 3.80. The number of hydrogen-bond donors (Lipinski definition) is 1. The van der Waals surface area contributed by atoms with Gasteiger partial charge < -0.3 is 9.67 Å². The van der Waals surface area contributed by atoms with Gasteiger partial charge in [0.15, 0.2) is 0 Å². The highest BCUT2D eigenvalue weighted by Crippen LogP contribution is 2.21. The summed E-state index contributed by atoms with van der Waals surface area (Å²) in [5.41, 5.74) is -0.109. The van der Waals surface area contributed by atoms with Crippen LogP contribution >= 0.6 is 0 Å². The highest BCUT2D eigenvalue weighted by atomic mass is 16.4. The quantitative estimate of drug-likeness (QED) is 0.772. The maximum absolute atomic E-state index is 10.4. The summed E-state index contributed by atoms with van der Waals surface area (Å²) in [4.78, 5) is 10.4. The molecule has 1 aromatic rings. The molecule has 72 valence electrons. The van der Waals surface area contributed by atoms with Gasteiger partial charge in [0.25, 0.3) is 0 Å². The smallest absolute Gasteiger partial charge is 0.303 e. The molecule has 1 N–H and O–H groups in total. The molecule has 0 atom stereocenters. The van der Waals surface area contributed by atoms with Crippen molar-refractivity contribution in [3.63, 3.8) is 0 Å². The first-order valence-electron chi connectivity index (χ1n) is 4.37. The Morgan fingerprint density at radius 3 is 2.38 bits per heavy atom. The molecule has 0 fully saturated rings. The van der Waals surface area contributed by atoms with Crippen LogP contribution in [0.1, 0.15) is 26.7 Å². The normalized spacial score (nSPS) is 11.5. The average Bonchev–Trinajstić information content (AvgIpc) is 2.53. The zero-order chi connectivity index (χ0) is 9.90. The number of rotatable bonds is 4. The van der Waals surface area contributed by atoms with Crippen molar-refractivity contribution >= 4 is 5.97 Å². The molecule has 1 rings (SSSR count). The van der Waals surface area contributed by atoms with Gasteiger partial charge in [-0.3, -0.25) is 4.79 Å². The van der Waals surface area contributed by atoms with E-state index < -0.39 is 5.97 Å². The first-order chi connectivity index (χ1) is 6.02. The van der Waals surface area contributed by atoms with Crippen LogP contribution in [0, 0.1) is 0 Å². The summed E-state index contributed by atoms with van der Waals surface area (Å²) in [7, 11) is 0. The van der Waals surface area contributed by atoms with Gasteiger partial charge in [-0.25, -0.2) is 0 Å². The fraction of sp³-hybridized carbons (Fsp3) is 0.500. The zero-order valence-corrected chi connectivity index (χ0v) is 8.03. The van der Waals surface area contributed by atoms with Gasteiger partial charge >= 0.3 is 5.97 Å². The van der Waals surface area contributed by atoms with Crippen molar-refractivity contribution in [3.8, 4) is 0 Å². The molecule has 3 heteroatoms.